The van der Waals surface area contributed by atoms with Crippen molar-refractivity contribution in [1.82, 2.24) is 4.98 Å². The number of rotatable bonds is 3. The van der Waals surface area contributed by atoms with E-state index < -0.39 is 0 Å². The highest BCUT2D eigenvalue weighted by molar-refractivity contribution is 5.99. The van der Waals surface area contributed by atoms with Crippen molar-refractivity contribution in [2.45, 2.75) is 0 Å². The Labute approximate surface area is 123 Å². The Hall–Kier alpha value is -2.75. The zero-order chi connectivity index (χ0) is 14.8. The van der Waals surface area contributed by atoms with Crippen LogP contribution in [0.3, 0.4) is 0 Å². The molecule has 4 nitrogen and oxygen atoms in total. The van der Waals surface area contributed by atoms with Crippen molar-refractivity contribution in [3.8, 4) is 22.8 Å². The summed E-state index contributed by atoms with van der Waals surface area (Å²) >= 11 is 0. The molecule has 0 spiro atoms. The SMILES string of the molecule is COc1ccc(-c2ncc3cc(OC)ccc3c2N)cc1. The number of methoxy groups -OCH3 is 2. The van der Waals surface area contributed by atoms with E-state index in [1.807, 2.05) is 48.7 Å². The minimum absolute atomic E-state index is 0.667. The second-order valence-corrected chi connectivity index (χ2v) is 4.70. The van der Waals surface area contributed by atoms with E-state index in [9.17, 15) is 0 Å². The lowest BCUT2D eigenvalue weighted by Crippen LogP contribution is -1.95. The molecule has 2 aromatic carbocycles. The average molecular weight is 280 g/mol. The standard InChI is InChI=1S/C17H16N2O2/c1-20-13-5-3-11(4-6-13)17-16(18)15-8-7-14(21-2)9-12(15)10-19-17/h3-10H,18H2,1-2H3. The molecule has 0 saturated carbocycles. The molecule has 0 atom stereocenters. The molecule has 4 heteroatoms. The van der Waals surface area contributed by atoms with E-state index in [4.69, 9.17) is 15.2 Å². The van der Waals surface area contributed by atoms with Gasteiger partial charge in [0.05, 0.1) is 25.6 Å². The molecule has 0 radical (unpaired) electrons. The van der Waals surface area contributed by atoms with Crippen molar-refractivity contribution in [1.29, 1.82) is 0 Å². The van der Waals surface area contributed by atoms with Crippen molar-refractivity contribution in [2.24, 2.45) is 0 Å². The number of ether oxygens (including phenoxy) is 2. The summed E-state index contributed by atoms with van der Waals surface area (Å²) in [5, 5.41) is 1.93. The topological polar surface area (TPSA) is 57.4 Å². The molecular formula is C17H16N2O2. The first-order valence-corrected chi connectivity index (χ1v) is 6.59. The van der Waals surface area contributed by atoms with Crippen molar-refractivity contribution < 1.29 is 9.47 Å². The third-order valence-corrected chi connectivity index (χ3v) is 3.50. The zero-order valence-corrected chi connectivity index (χ0v) is 12.0. The fourth-order valence-electron chi connectivity index (χ4n) is 2.33. The van der Waals surface area contributed by atoms with Crippen LogP contribution >= 0.6 is 0 Å². The first-order valence-electron chi connectivity index (χ1n) is 6.59. The summed E-state index contributed by atoms with van der Waals surface area (Å²) in [5.74, 6) is 1.60. The Morgan fingerprint density at radius 3 is 2.24 bits per heavy atom. The summed E-state index contributed by atoms with van der Waals surface area (Å²) in [4.78, 5) is 4.49. The minimum Gasteiger partial charge on any atom is -0.497 e. The summed E-state index contributed by atoms with van der Waals surface area (Å²) < 4.78 is 10.4. The van der Waals surface area contributed by atoms with Crippen LogP contribution in [0.5, 0.6) is 11.5 Å². The summed E-state index contributed by atoms with van der Waals surface area (Å²) in [6, 6.07) is 13.5. The summed E-state index contributed by atoms with van der Waals surface area (Å²) in [5.41, 5.74) is 8.68. The normalized spacial score (nSPS) is 10.6. The van der Waals surface area contributed by atoms with E-state index in [0.717, 1.165) is 33.5 Å². The van der Waals surface area contributed by atoms with Gasteiger partial charge >= 0.3 is 0 Å². The van der Waals surface area contributed by atoms with Gasteiger partial charge in [0.25, 0.3) is 0 Å². The molecule has 21 heavy (non-hydrogen) atoms. The lowest BCUT2D eigenvalue weighted by atomic mass is 10.0. The molecule has 3 aromatic rings. The van der Waals surface area contributed by atoms with Crippen molar-refractivity contribution in [2.75, 3.05) is 20.0 Å². The molecule has 2 N–H and O–H groups in total. The van der Waals surface area contributed by atoms with Crippen molar-refractivity contribution in [3.05, 3.63) is 48.7 Å². The maximum atomic E-state index is 6.28. The summed E-state index contributed by atoms with van der Waals surface area (Å²) in [6.07, 6.45) is 1.81. The lowest BCUT2D eigenvalue weighted by molar-refractivity contribution is 0.415. The van der Waals surface area contributed by atoms with Gasteiger partial charge in [0.2, 0.25) is 0 Å². The number of hydrogen-bond donors (Lipinski definition) is 1. The highest BCUT2D eigenvalue weighted by Crippen LogP contribution is 2.32. The van der Waals surface area contributed by atoms with Crippen LogP contribution in [-0.4, -0.2) is 19.2 Å². The van der Waals surface area contributed by atoms with Gasteiger partial charge in [0.15, 0.2) is 0 Å². The predicted molar refractivity (Wildman–Crippen MR) is 84.7 cm³/mol. The Morgan fingerprint density at radius 1 is 0.905 bits per heavy atom. The van der Waals surface area contributed by atoms with E-state index in [-0.39, 0.29) is 0 Å². The van der Waals surface area contributed by atoms with Crippen molar-refractivity contribution in [3.63, 3.8) is 0 Å². The van der Waals surface area contributed by atoms with Crippen LogP contribution in [-0.2, 0) is 0 Å². The first kappa shape index (κ1) is 13.2. The van der Waals surface area contributed by atoms with Crippen LogP contribution in [0.4, 0.5) is 5.69 Å². The molecule has 0 saturated heterocycles. The van der Waals surface area contributed by atoms with Gasteiger partial charge in [-0.1, -0.05) is 0 Å². The number of nitrogen functional groups attached to an aromatic ring is 1. The number of benzene rings is 2. The molecule has 0 amide bonds. The van der Waals surface area contributed by atoms with Crippen LogP contribution in [0.2, 0.25) is 0 Å². The third-order valence-electron chi connectivity index (χ3n) is 3.50. The fraction of sp³-hybridized carbons (Fsp3) is 0.118. The highest BCUT2D eigenvalue weighted by Gasteiger charge is 2.09. The maximum absolute atomic E-state index is 6.28. The molecule has 0 aliphatic carbocycles. The smallest absolute Gasteiger partial charge is 0.119 e. The van der Waals surface area contributed by atoms with Crippen LogP contribution in [0.25, 0.3) is 22.0 Å². The summed E-state index contributed by atoms with van der Waals surface area (Å²) in [6.45, 7) is 0. The van der Waals surface area contributed by atoms with Gasteiger partial charge in [-0.3, -0.25) is 4.98 Å². The van der Waals surface area contributed by atoms with E-state index >= 15 is 0 Å². The summed E-state index contributed by atoms with van der Waals surface area (Å²) in [7, 11) is 3.29. The van der Waals surface area contributed by atoms with Crippen LogP contribution in [0.15, 0.2) is 48.7 Å². The van der Waals surface area contributed by atoms with Gasteiger partial charge in [0, 0.05) is 22.5 Å². The van der Waals surface area contributed by atoms with Crippen LogP contribution in [0, 0.1) is 0 Å². The predicted octanol–water partition coefficient (Wildman–Crippen LogP) is 3.50. The number of hydrogen-bond acceptors (Lipinski definition) is 4. The number of pyridine rings is 1. The maximum Gasteiger partial charge on any atom is 0.119 e. The Kier molecular flexibility index (Phi) is 3.36. The van der Waals surface area contributed by atoms with Gasteiger partial charge in [-0.15, -0.1) is 0 Å². The second kappa shape index (κ2) is 5.32. The number of aromatic nitrogens is 1. The number of nitrogens with zero attached hydrogens (tertiary/aromatic N) is 1. The van der Waals surface area contributed by atoms with Gasteiger partial charge in [-0.25, -0.2) is 0 Å². The molecule has 0 fully saturated rings. The fourth-order valence-corrected chi connectivity index (χ4v) is 2.33. The monoisotopic (exact) mass is 280 g/mol. The van der Waals surface area contributed by atoms with Crippen LogP contribution < -0.4 is 15.2 Å². The molecular weight excluding hydrogens is 264 g/mol. The van der Waals surface area contributed by atoms with E-state index in [1.54, 1.807) is 14.2 Å². The van der Waals surface area contributed by atoms with E-state index in [1.165, 1.54) is 0 Å². The molecule has 0 aliphatic rings. The molecule has 3 rings (SSSR count). The Balaban J connectivity index is 2.12. The molecule has 0 bridgehead atoms. The third kappa shape index (κ3) is 2.36. The zero-order valence-electron chi connectivity index (χ0n) is 12.0. The number of fused-ring (bicyclic) bond motifs is 1. The molecule has 0 aliphatic heterocycles. The number of anilines is 1. The van der Waals surface area contributed by atoms with Gasteiger partial charge in [-0.05, 0) is 42.5 Å². The molecule has 106 valence electrons. The van der Waals surface area contributed by atoms with Gasteiger partial charge in [-0.2, -0.15) is 0 Å². The highest BCUT2D eigenvalue weighted by atomic mass is 16.5. The van der Waals surface area contributed by atoms with Crippen LogP contribution in [0.1, 0.15) is 0 Å². The minimum atomic E-state index is 0.667. The Morgan fingerprint density at radius 2 is 1.57 bits per heavy atom. The van der Waals surface area contributed by atoms with Gasteiger partial charge < -0.3 is 15.2 Å². The Bertz CT molecular complexity index is 783. The largest absolute Gasteiger partial charge is 0.497 e. The quantitative estimate of drug-likeness (QED) is 0.797. The second-order valence-electron chi connectivity index (χ2n) is 4.70. The molecule has 1 aromatic heterocycles. The number of nitrogens with two attached hydrogens (primary N) is 1. The van der Waals surface area contributed by atoms with Gasteiger partial charge in [0.1, 0.15) is 11.5 Å². The molecule has 0 unspecified atom stereocenters. The van der Waals surface area contributed by atoms with Crippen molar-refractivity contribution >= 4 is 16.5 Å². The first-order chi connectivity index (χ1) is 10.2. The average Bonchev–Trinajstić information content (AvgIpc) is 2.55. The molecule has 1 heterocycles. The lowest BCUT2D eigenvalue weighted by Gasteiger charge is -2.10. The van der Waals surface area contributed by atoms with E-state index in [0.29, 0.717) is 5.69 Å². The van der Waals surface area contributed by atoms with E-state index in [2.05, 4.69) is 4.98 Å².